The highest BCUT2D eigenvalue weighted by molar-refractivity contribution is 7.13. The predicted molar refractivity (Wildman–Crippen MR) is 124 cm³/mol. The standard InChI is InChI=1S/C24H30F4N4O2S/c25-20(26)14-34-24-31-18-8-12-32(13-9-19(18)35-24)11-7-15-3-5-16(6-4-15)30-23(33)17-2-1-10-29-21(17)22(27)28/h1-2,10,15-16,20,22H,3-9,11-14H2,(H,30,33). The summed E-state index contributed by atoms with van der Waals surface area (Å²) in [4.78, 5) is 24.1. The number of carbonyl (C=O) groups excluding carboxylic acids is 1. The smallest absolute Gasteiger partial charge is 0.281 e. The Balaban J connectivity index is 1.17. The first-order valence-corrected chi connectivity index (χ1v) is 12.9. The monoisotopic (exact) mass is 514 g/mol. The third kappa shape index (κ3) is 7.13. The van der Waals surface area contributed by atoms with Gasteiger partial charge in [0.15, 0.2) is 6.61 Å². The van der Waals surface area contributed by atoms with Crippen LogP contribution >= 0.6 is 11.3 Å². The maximum Gasteiger partial charge on any atom is 0.281 e. The Morgan fingerprint density at radius 2 is 1.94 bits per heavy atom. The van der Waals surface area contributed by atoms with Crippen molar-refractivity contribution < 1.29 is 27.1 Å². The van der Waals surface area contributed by atoms with Crippen LogP contribution in [-0.4, -0.2) is 59.5 Å². The number of hydrogen-bond acceptors (Lipinski definition) is 6. The first-order chi connectivity index (χ1) is 16.9. The molecule has 0 unspecified atom stereocenters. The molecule has 1 amide bonds. The Labute approximate surface area is 206 Å². The Kier molecular flexibility index (Phi) is 8.94. The predicted octanol–water partition coefficient (Wildman–Crippen LogP) is 4.90. The van der Waals surface area contributed by atoms with Crippen LogP contribution in [0.3, 0.4) is 0 Å². The molecule has 192 valence electrons. The molecule has 1 N–H and O–H groups in total. The number of alkyl halides is 4. The molecule has 1 fully saturated rings. The molecule has 3 heterocycles. The first kappa shape index (κ1) is 25.8. The molecule has 1 saturated carbocycles. The SMILES string of the molecule is O=C(NC1CCC(CCN2CCc3nc(OCC(F)F)sc3CC2)CC1)c1cccnc1C(F)F. The zero-order chi connectivity index (χ0) is 24.8. The highest BCUT2D eigenvalue weighted by Gasteiger charge is 2.26. The van der Waals surface area contributed by atoms with Gasteiger partial charge in [0.1, 0.15) is 5.69 Å². The van der Waals surface area contributed by atoms with Crippen molar-refractivity contribution >= 4 is 17.2 Å². The number of amides is 1. The first-order valence-electron chi connectivity index (χ1n) is 12.0. The number of nitrogens with one attached hydrogen (secondary N) is 1. The van der Waals surface area contributed by atoms with Crippen molar-refractivity contribution in [3.8, 4) is 5.19 Å². The number of carbonyl (C=O) groups is 1. The second-order valence-electron chi connectivity index (χ2n) is 9.11. The van der Waals surface area contributed by atoms with Crippen molar-refractivity contribution in [2.24, 2.45) is 5.92 Å². The zero-order valence-electron chi connectivity index (χ0n) is 19.4. The minimum Gasteiger partial charge on any atom is -0.464 e. The molecular weight excluding hydrogens is 484 g/mol. The van der Waals surface area contributed by atoms with Gasteiger partial charge in [-0.3, -0.25) is 9.78 Å². The van der Waals surface area contributed by atoms with Crippen molar-refractivity contribution in [1.82, 2.24) is 20.2 Å². The van der Waals surface area contributed by atoms with Gasteiger partial charge in [-0.25, -0.2) is 22.5 Å². The van der Waals surface area contributed by atoms with E-state index in [9.17, 15) is 22.4 Å². The molecule has 4 rings (SSSR count). The van der Waals surface area contributed by atoms with Crippen LogP contribution in [0.2, 0.25) is 0 Å². The highest BCUT2D eigenvalue weighted by Crippen LogP contribution is 2.30. The average Bonchev–Trinajstić information content (AvgIpc) is 3.15. The Morgan fingerprint density at radius 1 is 1.17 bits per heavy atom. The normalized spacial score (nSPS) is 21.1. The van der Waals surface area contributed by atoms with E-state index in [2.05, 4.69) is 20.2 Å². The molecule has 35 heavy (non-hydrogen) atoms. The number of aromatic nitrogens is 2. The van der Waals surface area contributed by atoms with Gasteiger partial charge < -0.3 is 15.0 Å². The summed E-state index contributed by atoms with van der Waals surface area (Å²) in [5, 5.41) is 3.25. The number of thiazole rings is 1. The van der Waals surface area contributed by atoms with Crippen LogP contribution in [0.5, 0.6) is 5.19 Å². The lowest BCUT2D eigenvalue weighted by Gasteiger charge is -2.31. The van der Waals surface area contributed by atoms with E-state index in [1.165, 1.54) is 29.7 Å². The Morgan fingerprint density at radius 3 is 2.69 bits per heavy atom. The number of pyridine rings is 1. The highest BCUT2D eigenvalue weighted by atomic mass is 32.1. The van der Waals surface area contributed by atoms with Gasteiger partial charge in [0.2, 0.25) is 0 Å². The summed E-state index contributed by atoms with van der Waals surface area (Å²) in [6, 6.07) is 2.88. The molecule has 0 atom stereocenters. The topological polar surface area (TPSA) is 67.4 Å². The average molecular weight is 515 g/mol. The van der Waals surface area contributed by atoms with E-state index in [4.69, 9.17) is 4.74 Å². The molecule has 2 aromatic heterocycles. The van der Waals surface area contributed by atoms with Gasteiger partial charge >= 0.3 is 0 Å². The van der Waals surface area contributed by atoms with Crippen LogP contribution < -0.4 is 10.1 Å². The van der Waals surface area contributed by atoms with Crippen molar-refractivity contribution in [2.75, 3.05) is 26.2 Å². The van der Waals surface area contributed by atoms with E-state index in [1.807, 2.05) is 0 Å². The maximum atomic E-state index is 13.1. The number of halogens is 4. The van der Waals surface area contributed by atoms with Crippen molar-refractivity contribution in [3.05, 3.63) is 40.2 Å². The molecule has 0 bridgehead atoms. The third-order valence-corrected chi connectivity index (χ3v) is 7.81. The molecule has 2 aromatic rings. The maximum absolute atomic E-state index is 13.1. The van der Waals surface area contributed by atoms with E-state index < -0.39 is 31.1 Å². The van der Waals surface area contributed by atoms with Crippen LogP contribution in [0, 0.1) is 5.92 Å². The molecule has 1 aliphatic carbocycles. The second-order valence-corrected chi connectivity index (χ2v) is 10.2. The Hall–Kier alpha value is -2.27. The van der Waals surface area contributed by atoms with E-state index in [0.717, 1.165) is 75.2 Å². The largest absolute Gasteiger partial charge is 0.464 e. The molecule has 1 aliphatic heterocycles. The quantitative estimate of drug-likeness (QED) is 0.483. The van der Waals surface area contributed by atoms with E-state index in [1.54, 1.807) is 0 Å². The third-order valence-electron chi connectivity index (χ3n) is 6.74. The van der Waals surface area contributed by atoms with E-state index in [0.29, 0.717) is 11.1 Å². The number of fused-ring (bicyclic) bond motifs is 1. The lowest BCUT2D eigenvalue weighted by molar-refractivity contribution is 0.0816. The van der Waals surface area contributed by atoms with Gasteiger partial charge in [0, 0.05) is 36.6 Å². The second kappa shape index (κ2) is 12.1. The molecule has 2 aliphatic rings. The molecule has 0 spiro atoms. The fourth-order valence-electron chi connectivity index (χ4n) is 4.81. The van der Waals surface area contributed by atoms with Crippen LogP contribution in [-0.2, 0) is 12.8 Å². The number of rotatable bonds is 9. The van der Waals surface area contributed by atoms with Gasteiger partial charge in [0.25, 0.3) is 24.0 Å². The van der Waals surface area contributed by atoms with Crippen LogP contribution in [0.25, 0.3) is 0 Å². The summed E-state index contributed by atoms with van der Waals surface area (Å²) in [7, 11) is 0. The van der Waals surface area contributed by atoms with Crippen LogP contribution in [0.15, 0.2) is 18.3 Å². The summed E-state index contributed by atoms with van der Waals surface area (Å²) in [6.45, 7) is 2.16. The Bertz CT molecular complexity index is 957. The summed E-state index contributed by atoms with van der Waals surface area (Å²) in [5.74, 6) is 0.0910. The molecule has 0 aromatic carbocycles. The van der Waals surface area contributed by atoms with Crippen LogP contribution in [0.1, 0.15) is 65.2 Å². The van der Waals surface area contributed by atoms with Gasteiger partial charge in [-0.15, -0.1) is 0 Å². The van der Waals surface area contributed by atoms with Gasteiger partial charge in [-0.05, 0) is 63.1 Å². The van der Waals surface area contributed by atoms with Gasteiger partial charge in [-0.2, -0.15) is 0 Å². The number of hydrogen-bond donors (Lipinski definition) is 1. The number of nitrogens with zero attached hydrogens (tertiary/aromatic N) is 3. The lowest BCUT2D eigenvalue weighted by Crippen LogP contribution is -2.38. The minimum absolute atomic E-state index is 0.00814. The fourth-order valence-corrected chi connectivity index (χ4v) is 5.77. The molecule has 0 radical (unpaired) electrons. The van der Waals surface area contributed by atoms with Crippen molar-refractivity contribution in [3.63, 3.8) is 0 Å². The minimum atomic E-state index is -2.78. The fraction of sp³-hybridized carbons (Fsp3) is 0.625. The lowest BCUT2D eigenvalue weighted by atomic mass is 9.84. The molecule has 0 saturated heterocycles. The van der Waals surface area contributed by atoms with Gasteiger partial charge in [0.05, 0.1) is 11.3 Å². The summed E-state index contributed by atoms with van der Waals surface area (Å²) < 4.78 is 56.0. The van der Waals surface area contributed by atoms with Crippen molar-refractivity contribution in [2.45, 2.75) is 63.8 Å². The van der Waals surface area contributed by atoms with Gasteiger partial charge in [-0.1, -0.05) is 11.3 Å². The summed E-state index contributed by atoms with van der Waals surface area (Å²) >= 11 is 1.37. The van der Waals surface area contributed by atoms with Crippen LogP contribution in [0.4, 0.5) is 17.6 Å². The molecule has 11 heteroatoms. The van der Waals surface area contributed by atoms with E-state index in [-0.39, 0.29) is 11.6 Å². The summed E-state index contributed by atoms with van der Waals surface area (Å²) in [6.07, 6.45) is 2.35. The van der Waals surface area contributed by atoms with Crippen molar-refractivity contribution in [1.29, 1.82) is 0 Å². The van der Waals surface area contributed by atoms with E-state index >= 15 is 0 Å². The molecular formula is C24H30F4N4O2S. The number of ether oxygens (including phenoxy) is 1. The zero-order valence-corrected chi connectivity index (χ0v) is 20.2. The molecule has 6 nitrogen and oxygen atoms in total. The summed E-state index contributed by atoms with van der Waals surface area (Å²) in [5.41, 5.74) is 0.431.